The van der Waals surface area contributed by atoms with Crippen LogP contribution in [-0.4, -0.2) is 36.2 Å². The Morgan fingerprint density at radius 2 is 2.22 bits per heavy atom. The number of nitrogens with one attached hydrogen (secondary N) is 3. The molecular formula is C16H21N3O3S. The summed E-state index contributed by atoms with van der Waals surface area (Å²) in [6, 6.07) is 6.95. The molecule has 2 amide bonds. The molecule has 0 bridgehead atoms. The van der Waals surface area contributed by atoms with Gasteiger partial charge in [0, 0.05) is 30.8 Å². The van der Waals surface area contributed by atoms with Gasteiger partial charge >= 0.3 is 0 Å². The smallest absolute Gasteiger partial charge is 0.251 e. The lowest BCUT2D eigenvalue weighted by Crippen LogP contribution is -2.34. The molecule has 3 N–H and O–H groups in total. The van der Waals surface area contributed by atoms with Crippen LogP contribution in [0.2, 0.25) is 0 Å². The quantitative estimate of drug-likeness (QED) is 0.715. The maximum Gasteiger partial charge on any atom is 0.251 e. The highest BCUT2D eigenvalue weighted by atomic mass is 32.1. The predicted molar refractivity (Wildman–Crippen MR) is 92.4 cm³/mol. The standard InChI is InChI=1S/C16H21N3O3S/c1-2-14(20)19-16(23)18-12-6-3-5-11(9-12)15(21)17-10-13-7-4-8-22-13/h3,5-6,9,13H,2,4,7-8,10H2,1H3,(H,17,21)(H2,18,19,20,23)/t13-/m1/s1. The first-order chi connectivity index (χ1) is 11.1. The van der Waals surface area contributed by atoms with Gasteiger partial charge in [0.25, 0.3) is 5.91 Å². The van der Waals surface area contributed by atoms with Crippen LogP contribution in [0, 0.1) is 0 Å². The molecule has 1 aromatic rings. The molecule has 7 heteroatoms. The largest absolute Gasteiger partial charge is 0.376 e. The van der Waals surface area contributed by atoms with E-state index in [1.165, 1.54) is 0 Å². The molecule has 23 heavy (non-hydrogen) atoms. The second kappa shape index (κ2) is 8.59. The molecule has 0 unspecified atom stereocenters. The highest BCUT2D eigenvalue weighted by Gasteiger charge is 2.16. The van der Waals surface area contributed by atoms with Gasteiger partial charge in [-0.05, 0) is 43.3 Å². The zero-order valence-corrected chi connectivity index (χ0v) is 13.9. The second-order valence-electron chi connectivity index (χ2n) is 5.28. The SMILES string of the molecule is CCC(=O)NC(=S)Nc1cccc(C(=O)NC[C@H]2CCCO2)c1. The Labute approximate surface area is 141 Å². The molecule has 1 atom stereocenters. The predicted octanol–water partition coefficient (Wildman–Crippen LogP) is 1.82. The normalized spacial score (nSPS) is 16.7. The number of rotatable bonds is 5. The molecule has 124 valence electrons. The van der Waals surface area contributed by atoms with E-state index in [0.29, 0.717) is 24.2 Å². The molecule has 1 fully saturated rings. The van der Waals surface area contributed by atoms with Crippen LogP contribution >= 0.6 is 12.2 Å². The molecule has 2 rings (SSSR count). The van der Waals surface area contributed by atoms with Crippen molar-refractivity contribution in [2.24, 2.45) is 0 Å². The summed E-state index contributed by atoms with van der Waals surface area (Å²) < 4.78 is 5.48. The number of thiocarbonyl (C=S) groups is 1. The first kappa shape index (κ1) is 17.4. The van der Waals surface area contributed by atoms with Gasteiger partial charge in [-0.2, -0.15) is 0 Å². The van der Waals surface area contributed by atoms with Crippen LogP contribution < -0.4 is 16.0 Å². The highest BCUT2D eigenvalue weighted by molar-refractivity contribution is 7.80. The van der Waals surface area contributed by atoms with E-state index in [9.17, 15) is 9.59 Å². The first-order valence-electron chi connectivity index (χ1n) is 7.69. The third-order valence-electron chi connectivity index (χ3n) is 3.47. The van der Waals surface area contributed by atoms with E-state index < -0.39 is 0 Å². The van der Waals surface area contributed by atoms with E-state index in [-0.39, 0.29) is 23.0 Å². The zero-order chi connectivity index (χ0) is 16.7. The van der Waals surface area contributed by atoms with E-state index >= 15 is 0 Å². The number of hydrogen-bond acceptors (Lipinski definition) is 4. The van der Waals surface area contributed by atoms with Gasteiger partial charge in [-0.3, -0.25) is 9.59 Å². The van der Waals surface area contributed by atoms with E-state index in [1.807, 2.05) is 0 Å². The number of amides is 2. The van der Waals surface area contributed by atoms with Crippen molar-refractivity contribution in [3.63, 3.8) is 0 Å². The molecular weight excluding hydrogens is 314 g/mol. The molecule has 0 aromatic heterocycles. The van der Waals surface area contributed by atoms with Crippen molar-refractivity contribution in [3.05, 3.63) is 29.8 Å². The fourth-order valence-corrected chi connectivity index (χ4v) is 2.46. The Hall–Kier alpha value is -1.99. The summed E-state index contributed by atoms with van der Waals surface area (Å²) >= 11 is 5.05. The molecule has 0 spiro atoms. The minimum absolute atomic E-state index is 0.108. The lowest BCUT2D eigenvalue weighted by Gasteiger charge is -2.12. The summed E-state index contributed by atoms with van der Waals surface area (Å²) in [4.78, 5) is 23.5. The van der Waals surface area contributed by atoms with E-state index in [0.717, 1.165) is 19.4 Å². The molecule has 1 aromatic carbocycles. The Bertz CT molecular complexity index is 586. The Morgan fingerprint density at radius 1 is 1.39 bits per heavy atom. The van der Waals surface area contributed by atoms with E-state index in [4.69, 9.17) is 17.0 Å². The average molecular weight is 335 g/mol. The van der Waals surface area contributed by atoms with Crippen LogP contribution in [-0.2, 0) is 9.53 Å². The minimum Gasteiger partial charge on any atom is -0.376 e. The van der Waals surface area contributed by atoms with E-state index in [1.54, 1.807) is 31.2 Å². The topological polar surface area (TPSA) is 79.5 Å². The van der Waals surface area contributed by atoms with Crippen LogP contribution in [0.1, 0.15) is 36.5 Å². The molecule has 0 radical (unpaired) electrons. The Balaban J connectivity index is 1.89. The lowest BCUT2D eigenvalue weighted by molar-refractivity contribution is -0.119. The summed E-state index contributed by atoms with van der Waals surface area (Å²) in [7, 11) is 0. The maximum absolute atomic E-state index is 12.2. The average Bonchev–Trinajstić information content (AvgIpc) is 3.06. The van der Waals surface area contributed by atoms with Gasteiger partial charge in [-0.15, -0.1) is 0 Å². The third kappa shape index (κ3) is 5.61. The molecule has 1 saturated heterocycles. The molecule has 0 aliphatic carbocycles. The zero-order valence-electron chi connectivity index (χ0n) is 13.1. The maximum atomic E-state index is 12.2. The fraction of sp³-hybridized carbons (Fsp3) is 0.438. The number of benzene rings is 1. The lowest BCUT2D eigenvalue weighted by atomic mass is 10.1. The fourth-order valence-electron chi connectivity index (χ4n) is 2.23. The molecule has 0 saturated carbocycles. The van der Waals surface area contributed by atoms with Crippen molar-refractivity contribution >= 4 is 34.8 Å². The summed E-state index contributed by atoms with van der Waals surface area (Å²) in [5.41, 5.74) is 1.17. The van der Waals surface area contributed by atoms with Crippen LogP contribution in [0.4, 0.5) is 5.69 Å². The van der Waals surface area contributed by atoms with Gasteiger partial charge < -0.3 is 20.7 Å². The third-order valence-corrected chi connectivity index (χ3v) is 3.68. The summed E-state index contributed by atoms with van der Waals surface area (Å²) in [5, 5.41) is 8.53. The van der Waals surface area contributed by atoms with Crippen LogP contribution in [0.25, 0.3) is 0 Å². The summed E-state index contributed by atoms with van der Waals surface area (Å²) in [5.74, 6) is -0.319. The summed E-state index contributed by atoms with van der Waals surface area (Å²) in [6.07, 6.45) is 2.49. The van der Waals surface area contributed by atoms with Crippen molar-refractivity contribution in [3.8, 4) is 0 Å². The van der Waals surface area contributed by atoms with Gasteiger partial charge in [0.2, 0.25) is 5.91 Å². The summed E-state index contributed by atoms with van der Waals surface area (Å²) in [6.45, 7) is 3.03. The number of carbonyl (C=O) groups excluding carboxylic acids is 2. The van der Waals surface area contributed by atoms with Crippen LogP contribution in [0.15, 0.2) is 24.3 Å². The molecule has 1 aliphatic rings. The molecule has 6 nitrogen and oxygen atoms in total. The number of anilines is 1. The monoisotopic (exact) mass is 335 g/mol. The number of carbonyl (C=O) groups is 2. The first-order valence-corrected chi connectivity index (χ1v) is 8.10. The Morgan fingerprint density at radius 3 is 2.91 bits per heavy atom. The minimum atomic E-state index is -0.160. The van der Waals surface area contributed by atoms with Gasteiger partial charge in [0.05, 0.1) is 6.10 Å². The van der Waals surface area contributed by atoms with Gasteiger partial charge in [-0.25, -0.2) is 0 Å². The van der Waals surface area contributed by atoms with Crippen molar-refractivity contribution in [2.45, 2.75) is 32.3 Å². The van der Waals surface area contributed by atoms with Gasteiger partial charge in [0.15, 0.2) is 5.11 Å². The molecule has 1 aliphatic heterocycles. The van der Waals surface area contributed by atoms with Crippen LogP contribution in [0.5, 0.6) is 0 Å². The highest BCUT2D eigenvalue weighted by Crippen LogP contribution is 2.13. The second-order valence-corrected chi connectivity index (χ2v) is 5.69. The van der Waals surface area contributed by atoms with Gasteiger partial charge in [-0.1, -0.05) is 13.0 Å². The van der Waals surface area contributed by atoms with Crippen molar-refractivity contribution in [1.82, 2.24) is 10.6 Å². The van der Waals surface area contributed by atoms with Crippen molar-refractivity contribution in [2.75, 3.05) is 18.5 Å². The van der Waals surface area contributed by atoms with Crippen LogP contribution in [0.3, 0.4) is 0 Å². The Kier molecular flexibility index (Phi) is 6.49. The van der Waals surface area contributed by atoms with E-state index in [2.05, 4.69) is 16.0 Å². The van der Waals surface area contributed by atoms with Gasteiger partial charge in [0.1, 0.15) is 0 Å². The number of hydrogen-bond donors (Lipinski definition) is 3. The molecule has 1 heterocycles. The van der Waals surface area contributed by atoms with Crippen molar-refractivity contribution in [1.29, 1.82) is 0 Å². The van der Waals surface area contributed by atoms with Crippen molar-refractivity contribution < 1.29 is 14.3 Å². The number of ether oxygens (including phenoxy) is 1.